The number of rotatable bonds is 11. The minimum absolute atomic E-state index is 0.242. The van der Waals surface area contributed by atoms with E-state index in [9.17, 15) is 0 Å². The van der Waals surface area contributed by atoms with Crippen LogP contribution in [0.2, 0.25) is 0 Å². The van der Waals surface area contributed by atoms with Gasteiger partial charge in [-0.25, -0.2) is 4.39 Å². The van der Waals surface area contributed by atoms with E-state index in [2.05, 4.69) is 365 Å². The number of anilines is 15. The highest BCUT2D eigenvalue weighted by atomic mass is 32.2. The molecule has 442 valence electrons. The Kier molecular flexibility index (Phi) is 13.4. The van der Waals surface area contributed by atoms with Gasteiger partial charge in [-0.2, -0.15) is 0 Å². The Hall–Kier alpha value is -11.5. The second kappa shape index (κ2) is 22.7. The summed E-state index contributed by atoms with van der Waals surface area (Å²) in [6, 6.07) is 120. The summed E-state index contributed by atoms with van der Waals surface area (Å²) < 4.78 is 20.4. The van der Waals surface area contributed by atoms with Gasteiger partial charge in [0.2, 0.25) is 6.71 Å². The van der Waals surface area contributed by atoms with Gasteiger partial charge in [-0.15, -0.1) is 0 Å². The van der Waals surface area contributed by atoms with Crippen LogP contribution in [0.25, 0.3) is 22.3 Å². The van der Waals surface area contributed by atoms with Crippen LogP contribution in [0.3, 0.4) is 0 Å². The van der Waals surface area contributed by atoms with Gasteiger partial charge in [-0.05, 0) is 177 Å². The second-order valence-corrected chi connectivity index (χ2v) is 25.6. The second-order valence-electron chi connectivity index (χ2n) is 24.5. The summed E-state index contributed by atoms with van der Waals surface area (Å²) in [6.45, 7) is 1.45. The molecule has 0 radical (unpaired) electrons. The molecule has 9 heteroatoms. The van der Waals surface area contributed by atoms with Crippen LogP contribution in [0.5, 0.6) is 0 Å². The molecule has 0 fully saturated rings. The zero-order valence-electron chi connectivity index (χ0n) is 51.4. The molecule has 0 spiro atoms. The van der Waals surface area contributed by atoms with Crippen molar-refractivity contribution in [3.05, 3.63) is 345 Å². The number of hydrogen-bond donors (Lipinski definition) is 0. The number of hydrogen-bond acceptors (Lipinski definition) is 6. The highest BCUT2D eigenvalue weighted by molar-refractivity contribution is 8.00. The molecule has 14 aromatic carbocycles. The van der Waals surface area contributed by atoms with Crippen molar-refractivity contribution in [3.63, 3.8) is 0 Å². The van der Waals surface area contributed by atoms with Gasteiger partial charge in [0.15, 0.2) is 5.82 Å². The van der Waals surface area contributed by atoms with Crippen LogP contribution >= 0.6 is 11.8 Å². The van der Waals surface area contributed by atoms with E-state index in [-0.39, 0.29) is 19.2 Å². The van der Waals surface area contributed by atoms with Gasteiger partial charge in [-0.1, -0.05) is 236 Å². The predicted octanol–water partition coefficient (Wildman–Crippen LogP) is 19.3. The van der Waals surface area contributed by atoms with E-state index in [1.54, 1.807) is 11.8 Å². The first-order valence-electron chi connectivity index (χ1n) is 32.2. The zero-order chi connectivity index (χ0) is 62.4. The summed E-state index contributed by atoms with van der Waals surface area (Å²) in [7, 11) is 0. The van der Waals surface area contributed by atoms with Gasteiger partial charge < -0.3 is 24.5 Å². The molecule has 0 aromatic heterocycles. The summed E-state index contributed by atoms with van der Waals surface area (Å²) in [4.78, 5) is 13.5. The SMILES string of the molecule is Cc1ccccc1N1c2cc(N(c3ccccc3)c3ccccc3)cc3c2B(c2ccccc2N3c2ccccc2)c2cc3c(c(F)c21)Sc1cc(N(c2ccc(-c4ccccc4)cc2)c2cccc(-c4ccccc4)c2)cc2c1B3c1ccccc1N2c1ccccc1. The molecule has 0 saturated carbocycles. The normalized spacial score (nSPS) is 12.9. The lowest BCUT2D eigenvalue weighted by Gasteiger charge is -2.46. The first-order chi connectivity index (χ1) is 46.5. The van der Waals surface area contributed by atoms with E-state index < -0.39 is 0 Å². The minimum Gasteiger partial charge on any atom is -0.311 e. The Labute approximate surface area is 552 Å². The number of benzene rings is 14. The fourth-order valence-electron chi connectivity index (χ4n) is 15.1. The van der Waals surface area contributed by atoms with Gasteiger partial charge in [0.05, 0.1) is 11.4 Å². The van der Waals surface area contributed by atoms with Gasteiger partial charge in [0.25, 0.3) is 6.71 Å². The van der Waals surface area contributed by atoms with E-state index in [4.69, 9.17) is 0 Å². The average Bonchev–Trinajstić information content (AvgIpc) is 0.686. The van der Waals surface area contributed by atoms with E-state index in [0.29, 0.717) is 10.6 Å². The van der Waals surface area contributed by atoms with Crippen molar-refractivity contribution >= 4 is 143 Å². The molecule has 4 aliphatic rings. The van der Waals surface area contributed by atoms with Crippen molar-refractivity contribution in [2.45, 2.75) is 16.7 Å². The Balaban J connectivity index is 0.911. The molecular formula is C85H58B2FN5S. The van der Waals surface area contributed by atoms with Crippen LogP contribution < -0.4 is 57.3 Å². The summed E-state index contributed by atoms with van der Waals surface area (Å²) in [6.07, 6.45) is 0. The van der Waals surface area contributed by atoms with Crippen molar-refractivity contribution in [3.8, 4) is 22.3 Å². The Morgan fingerprint density at radius 2 is 0.713 bits per heavy atom. The predicted molar refractivity (Wildman–Crippen MR) is 395 cm³/mol. The van der Waals surface area contributed by atoms with Crippen molar-refractivity contribution in [2.24, 2.45) is 0 Å². The molecule has 0 aliphatic carbocycles. The maximum absolute atomic E-state index is 20.4. The molecule has 14 aromatic rings. The Morgan fingerprint density at radius 3 is 1.29 bits per heavy atom. The molecule has 94 heavy (non-hydrogen) atoms. The molecule has 0 unspecified atom stereocenters. The molecule has 4 heterocycles. The lowest BCUT2D eigenvalue weighted by atomic mass is 9.31. The Morgan fingerprint density at radius 1 is 0.298 bits per heavy atom. The number of para-hydroxylation sites is 7. The maximum Gasteiger partial charge on any atom is 0.252 e. The van der Waals surface area contributed by atoms with Crippen LogP contribution in [0, 0.1) is 12.7 Å². The van der Waals surface area contributed by atoms with E-state index >= 15 is 4.39 Å². The minimum atomic E-state index is -0.367. The van der Waals surface area contributed by atoms with Crippen molar-refractivity contribution in [1.29, 1.82) is 0 Å². The lowest BCUT2D eigenvalue weighted by molar-refractivity contribution is 0.606. The molecule has 0 saturated heterocycles. The molecular weight excluding hydrogens is 1160 g/mol. The summed E-state index contributed by atoms with van der Waals surface area (Å²) in [5.74, 6) is -0.242. The maximum atomic E-state index is 20.4. The van der Waals surface area contributed by atoms with E-state index in [1.807, 2.05) is 0 Å². The standard InChI is InChI=1S/C85H58B2FN5S/c1-57-27-20-23-44-74(57)93-78-53-68(89(62-33-12-4-13-34-62)63-35-14-5-15-36-63)52-77-81(78)86(70-42-21-24-45-75(70)91(77)64-37-16-6-17-38-64)72-56-73-85(83(88)84(72)93)94-80-55-69(54-79-82(80)87(73)71-43-22-25-46-76(71)92(79)65-39-18-7-19-40-65)90(66-49-47-60(48-50-66)58-28-8-2-9-29-58)67-41-26-32-61(51-67)59-30-10-3-11-31-59/h2-56H,1H3. The van der Waals surface area contributed by atoms with Gasteiger partial charge in [-0.3, -0.25) is 0 Å². The Bertz CT molecular complexity index is 5200. The van der Waals surface area contributed by atoms with E-state index in [1.165, 1.54) is 0 Å². The van der Waals surface area contributed by atoms with Gasteiger partial charge in [0.1, 0.15) is 0 Å². The quantitative estimate of drug-likeness (QED) is 0.119. The van der Waals surface area contributed by atoms with Crippen molar-refractivity contribution in [1.82, 2.24) is 0 Å². The summed E-state index contributed by atoms with van der Waals surface area (Å²) in [5, 5.41) is 0. The molecule has 18 rings (SSSR count). The third-order valence-electron chi connectivity index (χ3n) is 19.2. The fourth-order valence-corrected chi connectivity index (χ4v) is 16.4. The first-order valence-corrected chi connectivity index (χ1v) is 33.0. The van der Waals surface area contributed by atoms with Crippen LogP contribution in [0.1, 0.15) is 5.56 Å². The molecule has 5 nitrogen and oxygen atoms in total. The molecule has 0 bridgehead atoms. The highest BCUT2D eigenvalue weighted by Crippen LogP contribution is 2.53. The summed E-state index contributed by atoms with van der Waals surface area (Å²) in [5.41, 5.74) is 26.6. The average molecular weight is 1220 g/mol. The van der Waals surface area contributed by atoms with Crippen LogP contribution in [-0.4, -0.2) is 13.4 Å². The van der Waals surface area contributed by atoms with Crippen molar-refractivity contribution in [2.75, 3.05) is 24.5 Å². The fraction of sp³-hybridized carbons (Fsp3) is 0.0118. The largest absolute Gasteiger partial charge is 0.311 e. The molecule has 0 N–H and O–H groups in total. The summed E-state index contributed by atoms with van der Waals surface area (Å²) >= 11 is 1.57. The third kappa shape index (κ3) is 9.02. The van der Waals surface area contributed by atoms with Crippen LogP contribution in [0.15, 0.2) is 343 Å². The highest BCUT2D eigenvalue weighted by Gasteiger charge is 2.49. The third-order valence-corrected chi connectivity index (χ3v) is 20.4. The number of halogens is 1. The molecule has 0 atom stereocenters. The van der Waals surface area contributed by atoms with Crippen molar-refractivity contribution < 1.29 is 4.39 Å². The first kappa shape index (κ1) is 55.3. The van der Waals surface area contributed by atoms with E-state index in [0.717, 1.165) is 145 Å². The topological polar surface area (TPSA) is 16.2 Å². The number of aryl methyl sites for hydroxylation is 1. The van der Waals surface area contributed by atoms with Crippen LogP contribution in [0.4, 0.5) is 89.7 Å². The van der Waals surface area contributed by atoms with Gasteiger partial charge in [0, 0.05) is 83.7 Å². The molecule has 0 amide bonds. The zero-order valence-corrected chi connectivity index (χ0v) is 52.2. The number of nitrogens with zero attached hydrogens (tertiary/aromatic N) is 5. The smallest absolute Gasteiger partial charge is 0.252 e. The lowest BCUT2D eigenvalue weighted by Crippen LogP contribution is -2.65. The van der Waals surface area contributed by atoms with Gasteiger partial charge >= 0.3 is 0 Å². The van der Waals surface area contributed by atoms with Crippen LogP contribution in [-0.2, 0) is 0 Å². The monoisotopic (exact) mass is 1220 g/mol. The number of fused-ring (bicyclic) bond motifs is 8. The molecule has 4 aliphatic heterocycles.